The molecule has 0 fully saturated rings. The van der Waals surface area contributed by atoms with Crippen molar-refractivity contribution >= 4 is 15.5 Å². The molecule has 0 saturated heterocycles. The Balaban J connectivity index is 1.82. The Labute approximate surface area is 165 Å². The Morgan fingerprint density at radius 1 is 1.25 bits per heavy atom. The van der Waals surface area contributed by atoms with Crippen molar-refractivity contribution in [2.75, 3.05) is 25.4 Å². The van der Waals surface area contributed by atoms with Crippen molar-refractivity contribution in [2.45, 2.75) is 37.2 Å². The van der Waals surface area contributed by atoms with Gasteiger partial charge in [0.1, 0.15) is 22.1 Å². The maximum atomic E-state index is 12.1. The van der Waals surface area contributed by atoms with E-state index in [-0.39, 0.29) is 16.6 Å². The van der Waals surface area contributed by atoms with Gasteiger partial charge in [0.05, 0.1) is 25.5 Å². The maximum Gasteiger partial charge on any atom is 0.217 e. The predicted molar refractivity (Wildman–Crippen MR) is 106 cm³/mol. The van der Waals surface area contributed by atoms with E-state index in [0.29, 0.717) is 42.2 Å². The second kappa shape index (κ2) is 8.28. The third-order valence-corrected chi connectivity index (χ3v) is 6.02. The predicted octanol–water partition coefficient (Wildman–Crippen LogP) is 2.86. The van der Waals surface area contributed by atoms with Gasteiger partial charge in [0.15, 0.2) is 5.94 Å². The van der Waals surface area contributed by atoms with Gasteiger partial charge in [0, 0.05) is 11.6 Å². The number of fused-ring (bicyclic) bond motifs is 1. The molecular weight excluding hydrogens is 382 g/mol. The van der Waals surface area contributed by atoms with Crippen molar-refractivity contribution < 1.29 is 27.7 Å². The van der Waals surface area contributed by atoms with Crippen LogP contribution in [-0.2, 0) is 16.3 Å². The lowest BCUT2D eigenvalue weighted by Crippen LogP contribution is -2.06. The number of rotatable bonds is 8. The van der Waals surface area contributed by atoms with E-state index in [1.54, 1.807) is 19.2 Å². The van der Waals surface area contributed by atoms with Crippen LogP contribution in [0.15, 0.2) is 35.2 Å². The van der Waals surface area contributed by atoms with E-state index in [0.717, 1.165) is 12.0 Å². The topological polar surface area (TPSA) is 108 Å². The van der Waals surface area contributed by atoms with Gasteiger partial charge in [-0.15, -0.1) is 0 Å². The lowest BCUT2D eigenvalue weighted by molar-refractivity contribution is 0.161. The van der Waals surface area contributed by atoms with Gasteiger partial charge in [-0.2, -0.15) is 0 Å². The highest BCUT2D eigenvalue weighted by atomic mass is 32.2. The maximum absolute atomic E-state index is 12.1. The quantitative estimate of drug-likeness (QED) is 0.648. The fourth-order valence-corrected chi connectivity index (χ4v) is 4.23. The first kappa shape index (κ1) is 20.3. The van der Waals surface area contributed by atoms with Crippen LogP contribution in [0.25, 0.3) is 0 Å². The molecule has 0 amide bonds. The minimum Gasteiger partial charge on any atom is -0.495 e. The highest BCUT2D eigenvalue weighted by molar-refractivity contribution is 7.91. The molecule has 2 aromatic rings. The van der Waals surface area contributed by atoms with Gasteiger partial charge in [0.2, 0.25) is 9.84 Å². The zero-order chi connectivity index (χ0) is 20.3. The number of aryl methyl sites for hydroxylation is 1. The molecule has 1 aliphatic rings. The summed E-state index contributed by atoms with van der Waals surface area (Å²) in [7, 11) is -1.91. The summed E-state index contributed by atoms with van der Waals surface area (Å²) in [4.78, 5) is 0.109. The van der Waals surface area contributed by atoms with Crippen LogP contribution in [0, 0.1) is 0 Å². The Kier molecular flexibility index (Phi) is 6.00. The number of aliphatic hydroxyl groups is 1. The van der Waals surface area contributed by atoms with Gasteiger partial charge in [-0.25, -0.2) is 8.42 Å². The van der Waals surface area contributed by atoms with Crippen molar-refractivity contribution in [2.24, 2.45) is 0 Å². The number of nitrogens with two attached hydrogens (primary N) is 1. The largest absolute Gasteiger partial charge is 0.495 e. The summed E-state index contributed by atoms with van der Waals surface area (Å²) in [5.74, 6) is 0.847. The number of nitrogen functional groups attached to an aromatic ring is 1. The molecule has 0 spiro atoms. The van der Waals surface area contributed by atoms with E-state index in [1.807, 2.05) is 19.1 Å². The molecule has 3 rings (SSSR count). The highest BCUT2D eigenvalue weighted by Gasteiger charge is 2.31. The third-order valence-electron chi connectivity index (χ3n) is 4.60. The molecule has 0 bridgehead atoms. The molecule has 1 heterocycles. The first-order valence-electron chi connectivity index (χ1n) is 9.12. The van der Waals surface area contributed by atoms with Gasteiger partial charge in [-0.05, 0) is 43.0 Å². The molecule has 0 radical (unpaired) electrons. The van der Waals surface area contributed by atoms with E-state index < -0.39 is 15.9 Å². The Morgan fingerprint density at radius 3 is 2.71 bits per heavy atom. The van der Waals surface area contributed by atoms with E-state index in [4.69, 9.17) is 19.9 Å². The SMILES string of the molecule is CCCOc1cc2c(cc1C(O)CCc1ccc(OC)c(N)c1)OCS2(=O)=O. The van der Waals surface area contributed by atoms with Crippen LogP contribution in [0.2, 0.25) is 0 Å². The number of sulfone groups is 1. The summed E-state index contributed by atoms with van der Waals surface area (Å²) in [6.07, 6.45) is 0.923. The van der Waals surface area contributed by atoms with Crippen molar-refractivity contribution in [3.05, 3.63) is 41.5 Å². The van der Waals surface area contributed by atoms with Crippen LogP contribution < -0.4 is 19.9 Å². The fraction of sp³-hybridized carbons (Fsp3) is 0.400. The van der Waals surface area contributed by atoms with Crippen LogP contribution >= 0.6 is 0 Å². The molecule has 0 saturated carbocycles. The summed E-state index contributed by atoms with van der Waals surface area (Å²) < 4.78 is 40.3. The van der Waals surface area contributed by atoms with Crippen molar-refractivity contribution in [3.63, 3.8) is 0 Å². The van der Waals surface area contributed by atoms with Crippen LogP contribution in [0.4, 0.5) is 5.69 Å². The fourth-order valence-electron chi connectivity index (χ4n) is 3.11. The molecule has 1 unspecified atom stereocenters. The van der Waals surface area contributed by atoms with Crippen molar-refractivity contribution in [3.8, 4) is 17.2 Å². The average Bonchev–Trinajstić information content (AvgIpc) is 2.98. The Hall–Kier alpha value is -2.45. The monoisotopic (exact) mass is 407 g/mol. The number of anilines is 1. The van der Waals surface area contributed by atoms with Crippen molar-refractivity contribution in [1.82, 2.24) is 0 Å². The normalized spacial score (nSPS) is 15.5. The second-order valence-electron chi connectivity index (χ2n) is 6.69. The average molecular weight is 407 g/mol. The molecule has 152 valence electrons. The van der Waals surface area contributed by atoms with Gasteiger partial charge in [0.25, 0.3) is 0 Å². The molecular formula is C20H25NO6S. The second-order valence-corrected chi connectivity index (χ2v) is 8.60. The molecule has 0 aliphatic carbocycles. The molecule has 0 aromatic heterocycles. The number of methoxy groups -OCH3 is 1. The van der Waals surface area contributed by atoms with Crippen LogP contribution in [0.5, 0.6) is 17.2 Å². The van der Waals surface area contributed by atoms with Crippen LogP contribution in [0.3, 0.4) is 0 Å². The minimum atomic E-state index is -3.47. The van der Waals surface area contributed by atoms with E-state index >= 15 is 0 Å². The molecule has 7 nitrogen and oxygen atoms in total. The first-order valence-corrected chi connectivity index (χ1v) is 10.8. The summed E-state index contributed by atoms with van der Waals surface area (Å²) >= 11 is 0. The number of benzene rings is 2. The summed E-state index contributed by atoms with van der Waals surface area (Å²) in [5, 5.41) is 10.8. The van der Waals surface area contributed by atoms with Crippen LogP contribution in [0.1, 0.15) is 37.0 Å². The highest BCUT2D eigenvalue weighted by Crippen LogP contribution is 2.40. The molecule has 2 aromatic carbocycles. The summed E-state index contributed by atoms with van der Waals surface area (Å²) in [6.45, 7) is 2.38. The van der Waals surface area contributed by atoms with Gasteiger partial charge in [-0.3, -0.25) is 0 Å². The van der Waals surface area contributed by atoms with Gasteiger partial charge < -0.3 is 25.1 Å². The smallest absolute Gasteiger partial charge is 0.217 e. The zero-order valence-corrected chi connectivity index (χ0v) is 16.8. The number of aliphatic hydroxyl groups excluding tert-OH is 1. The molecule has 8 heteroatoms. The van der Waals surface area contributed by atoms with E-state index in [1.165, 1.54) is 6.07 Å². The van der Waals surface area contributed by atoms with E-state index in [2.05, 4.69) is 0 Å². The van der Waals surface area contributed by atoms with Crippen LogP contribution in [-0.4, -0.2) is 33.2 Å². The summed E-state index contributed by atoms with van der Waals surface area (Å²) in [6, 6.07) is 8.53. The molecule has 1 aliphatic heterocycles. The minimum absolute atomic E-state index is 0.109. The number of hydrogen-bond acceptors (Lipinski definition) is 7. The first-order chi connectivity index (χ1) is 13.4. The van der Waals surface area contributed by atoms with Gasteiger partial charge in [-0.1, -0.05) is 13.0 Å². The third kappa shape index (κ3) is 4.18. The van der Waals surface area contributed by atoms with Crippen molar-refractivity contribution in [1.29, 1.82) is 0 Å². The number of ether oxygens (including phenoxy) is 3. The Bertz CT molecular complexity index is 957. The number of hydrogen-bond donors (Lipinski definition) is 2. The summed E-state index contributed by atoms with van der Waals surface area (Å²) in [5.41, 5.74) is 7.96. The van der Waals surface area contributed by atoms with E-state index in [9.17, 15) is 13.5 Å². The lowest BCUT2D eigenvalue weighted by Gasteiger charge is -2.17. The Morgan fingerprint density at radius 2 is 2.04 bits per heavy atom. The standard InChI is InChI=1S/C20H25NO6S/c1-3-8-26-18-11-20-19(27-12-28(20,23)24)10-14(18)16(22)6-4-13-5-7-17(25-2)15(21)9-13/h5,7,9-11,16,22H,3-4,6,8,12,21H2,1-2H3. The molecule has 1 atom stereocenters. The molecule has 3 N–H and O–H groups in total. The van der Waals surface area contributed by atoms with Gasteiger partial charge >= 0.3 is 0 Å². The zero-order valence-electron chi connectivity index (χ0n) is 16.0. The lowest BCUT2D eigenvalue weighted by atomic mass is 10.00. The molecule has 28 heavy (non-hydrogen) atoms.